The third-order valence-electron chi connectivity index (χ3n) is 10.1. The maximum Gasteiger partial charge on any atom is 0.143 e. The van der Waals surface area contributed by atoms with Crippen LogP contribution in [0.3, 0.4) is 0 Å². The van der Waals surface area contributed by atoms with Crippen LogP contribution in [0.15, 0.2) is 156 Å². The third-order valence-corrected chi connectivity index (χ3v) is 10.1. The normalized spacial score (nSPS) is 13.4. The summed E-state index contributed by atoms with van der Waals surface area (Å²) in [6, 6.07) is 46.0. The van der Waals surface area contributed by atoms with Gasteiger partial charge in [0.15, 0.2) is 0 Å². The first-order chi connectivity index (χ1) is 23.8. The van der Waals surface area contributed by atoms with Gasteiger partial charge in [-0.05, 0) is 79.6 Å². The van der Waals surface area contributed by atoms with Crippen LogP contribution in [0.2, 0.25) is 0 Å². The molecule has 1 aliphatic carbocycles. The van der Waals surface area contributed by atoms with Crippen molar-refractivity contribution in [1.29, 1.82) is 0 Å². The van der Waals surface area contributed by atoms with Crippen molar-refractivity contribution in [3.8, 4) is 22.3 Å². The number of hydrogen-bond donors (Lipinski definition) is 0. The van der Waals surface area contributed by atoms with Crippen molar-refractivity contribution in [3.63, 3.8) is 0 Å². The van der Waals surface area contributed by atoms with E-state index in [-0.39, 0.29) is 5.82 Å². The van der Waals surface area contributed by atoms with Gasteiger partial charge in [0.1, 0.15) is 17.0 Å². The molecule has 1 aliphatic rings. The molecule has 0 spiro atoms. The highest BCUT2D eigenvalue weighted by Gasteiger charge is 2.21. The van der Waals surface area contributed by atoms with Crippen LogP contribution in [-0.4, -0.2) is 0 Å². The Kier molecular flexibility index (Phi) is 5.95. The number of fused-ring (bicyclic) bond motifs is 7. The van der Waals surface area contributed by atoms with Crippen molar-refractivity contribution in [1.82, 2.24) is 0 Å². The van der Waals surface area contributed by atoms with Crippen LogP contribution >= 0.6 is 0 Å². The minimum Gasteiger partial charge on any atom is -0.455 e. The second kappa shape index (κ2) is 10.5. The molecule has 0 fully saturated rings. The summed E-state index contributed by atoms with van der Waals surface area (Å²) >= 11 is 0. The number of benzene rings is 8. The molecular weight excluding hydrogens is 588 g/mol. The lowest BCUT2D eigenvalue weighted by Gasteiger charge is -2.19. The van der Waals surface area contributed by atoms with Gasteiger partial charge in [0, 0.05) is 32.7 Å². The first-order valence-corrected chi connectivity index (χ1v) is 16.6. The molecule has 8 aromatic carbocycles. The number of hydrogen-bond acceptors (Lipinski definition) is 1. The van der Waals surface area contributed by atoms with Crippen molar-refractivity contribution in [2.75, 3.05) is 0 Å². The van der Waals surface area contributed by atoms with Crippen LogP contribution in [0.4, 0.5) is 4.39 Å². The summed E-state index contributed by atoms with van der Waals surface area (Å²) in [4.78, 5) is 0. The van der Waals surface area contributed by atoms with Gasteiger partial charge < -0.3 is 4.42 Å². The second-order valence-corrected chi connectivity index (χ2v) is 12.8. The van der Waals surface area contributed by atoms with Gasteiger partial charge in [0.05, 0.1) is 0 Å². The maximum atomic E-state index is 15.8. The standard InChI is InChI=1S/C46H29FO/c47-45-37-21-10-8-19-35(37)44(36-20-9-11-22-38(36)45)40-24-12-23-39-30-26-25-29(27-41(30)48-46(39)40)43-33-17-6-4-15-31(33)42(28-13-2-1-3-14-28)32-16-5-7-18-34(32)43/h2,4-27H,1,3H2. The molecule has 0 amide bonds. The van der Waals surface area contributed by atoms with Gasteiger partial charge in [0.25, 0.3) is 0 Å². The Morgan fingerprint density at radius 3 is 1.58 bits per heavy atom. The average Bonchev–Trinajstić information content (AvgIpc) is 3.53. The molecule has 1 aromatic heterocycles. The van der Waals surface area contributed by atoms with Crippen molar-refractivity contribution in [2.45, 2.75) is 12.8 Å². The number of rotatable bonds is 3. The number of furan rings is 1. The minimum absolute atomic E-state index is 0.187. The zero-order valence-electron chi connectivity index (χ0n) is 26.1. The van der Waals surface area contributed by atoms with Gasteiger partial charge in [0.2, 0.25) is 0 Å². The summed E-state index contributed by atoms with van der Waals surface area (Å²) < 4.78 is 22.6. The molecule has 0 aliphatic heterocycles. The van der Waals surface area contributed by atoms with E-state index >= 15 is 4.39 Å². The lowest BCUT2D eigenvalue weighted by Crippen LogP contribution is -1.94. The van der Waals surface area contributed by atoms with Gasteiger partial charge in [-0.3, -0.25) is 0 Å². The van der Waals surface area contributed by atoms with Crippen LogP contribution in [-0.2, 0) is 0 Å². The fourth-order valence-electron chi connectivity index (χ4n) is 8.07. The topological polar surface area (TPSA) is 13.1 Å². The van der Waals surface area contributed by atoms with Crippen molar-refractivity contribution >= 4 is 70.6 Å². The quantitative estimate of drug-likeness (QED) is 0.180. The number of para-hydroxylation sites is 1. The van der Waals surface area contributed by atoms with Crippen LogP contribution in [0.5, 0.6) is 0 Å². The Morgan fingerprint density at radius 1 is 0.458 bits per heavy atom. The van der Waals surface area contributed by atoms with E-state index in [4.69, 9.17) is 4.42 Å². The molecule has 0 bridgehead atoms. The van der Waals surface area contributed by atoms with Crippen molar-refractivity contribution < 1.29 is 8.81 Å². The smallest absolute Gasteiger partial charge is 0.143 e. The third kappa shape index (κ3) is 3.90. The lowest BCUT2D eigenvalue weighted by molar-refractivity contribution is 0.651. The molecular formula is C46H29FO. The van der Waals surface area contributed by atoms with Crippen LogP contribution in [0.25, 0.3) is 92.9 Å². The van der Waals surface area contributed by atoms with E-state index in [9.17, 15) is 0 Å². The Morgan fingerprint density at radius 2 is 1.00 bits per heavy atom. The monoisotopic (exact) mass is 616 g/mol. The molecule has 0 N–H and O–H groups in total. The molecule has 0 atom stereocenters. The molecule has 0 saturated carbocycles. The molecule has 10 rings (SSSR count). The summed E-state index contributed by atoms with van der Waals surface area (Å²) in [6.07, 6.45) is 9.09. The second-order valence-electron chi connectivity index (χ2n) is 12.8. The average molecular weight is 617 g/mol. The molecule has 0 saturated heterocycles. The van der Waals surface area contributed by atoms with E-state index in [0.29, 0.717) is 10.8 Å². The molecule has 9 aromatic rings. The summed E-state index contributed by atoms with van der Waals surface area (Å²) in [5.74, 6) is -0.187. The van der Waals surface area contributed by atoms with E-state index in [1.54, 1.807) is 0 Å². The highest BCUT2D eigenvalue weighted by Crippen LogP contribution is 2.46. The molecule has 1 heterocycles. The molecule has 226 valence electrons. The molecule has 2 heteroatoms. The summed E-state index contributed by atoms with van der Waals surface area (Å²) in [5, 5.41) is 10.1. The Labute approximate surface area is 276 Å². The molecule has 0 radical (unpaired) electrons. The number of halogens is 1. The summed E-state index contributed by atoms with van der Waals surface area (Å²) in [7, 11) is 0. The first kappa shape index (κ1) is 27.2. The highest BCUT2D eigenvalue weighted by atomic mass is 19.1. The van der Waals surface area contributed by atoms with Gasteiger partial charge in [-0.1, -0.05) is 140 Å². The van der Waals surface area contributed by atoms with Gasteiger partial charge in [-0.15, -0.1) is 0 Å². The van der Waals surface area contributed by atoms with Crippen LogP contribution in [0, 0.1) is 5.82 Å². The van der Waals surface area contributed by atoms with Gasteiger partial charge in [-0.2, -0.15) is 0 Å². The van der Waals surface area contributed by atoms with E-state index in [2.05, 4.69) is 103 Å². The zero-order valence-corrected chi connectivity index (χ0v) is 26.1. The Balaban J connectivity index is 1.25. The largest absolute Gasteiger partial charge is 0.455 e. The minimum atomic E-state index is -0.187. The zero-order chi connectivity index (χ0) is 31.8. The van der Waals surface area contributed by atoms with Gasteiger partial charge >= 0.3 is 0 Å². The predicted octanol–water partition coefficient (Wildman–Crippen LogP) is 13.4. The fourth-order valence-corrected chi connectivity index (χ4v) is 8.07. The Bertz CT molecular complexity index is 2730. The van der Waals surface area contributed by atoms with Crippen molar-refractivity contribution in [2.24, 2.45) is 0 Å². The van der Waals surface area contributed by atoms with E-state index in [1.807, 2.05) is 48.5 Å². The fraction of sp³-hybridized carbons (Fsp3) is 0.0435. The highest BCUT2D eigenvalue weighted by molar-refractivity contribution is 6.22. The molecule has 1 nitrogen and oxygen atoms in total. The van der Waals surface area contributed by atoms with E-state index < -0.39 is 0 Å². The predicted molar refractivity (Wildman–Crippen MR) is 201 cm³/mol. The van der Waals surface area contributed by atoms with Crippen LogP contribution < -0.4 is 0 Å². The van der Waals surface area contributed by atoms with Gasteiger partial charge in [-0.25, -0.2) is 4.39 Å². The first-order valence-electron chi connectivity index (χ1n) is 16.6. The number of allylic oxidation sites excluding steroid dienone is 4. The SMILES string of the molecule is Fc1c2ccccc2c(-c2cccc3c2oc2cc(-c4c5ccccc5c(C5=CCCC=C5)c5ccccc45)ccc23)c2ccccc12. The summed E-state index contributed by atoms with van der Waals surface area (Å²) in [6.45, 7) is 0. The van der Waals surface area contributed by atoms with Crippen LogP contribution in [0.1, 0.15) is 18.4 Å². The maximum absolute atomic E-state index is 15.8. The lowest BCUT2D eigenvalue weighted by atomic mass is 9.84. The van der Waals surface area contributed by atoms with E-state index in [0.717, 1.165) is 62.2 Å². The Hall–Kier alpha value is -5.99. The molecule has 0 unspecified atom stereocenters. The van der Waals surface area contributed by atoms with E-state index in [1.165, 1.54) is 38.2 Å². The molecule has 48 heavy (non-hydrogen) atoms. The van der Waals surface area contributed by atoms with Crippen molar-refractivity contribution in [3.05, 3.63) is 163 Å². The summed E-state index contributed by atoms with van der Waals surface area (Å²) in [5.41, 5.74) is 8.53.